The molecule has 2 aliphatic rings. The fourth-order valence-corrected chi connectivity index (χ4v) is 8.59. The molecule has 0 amide bonds. The van der Waals surface area contributed by atoms with E-state index in [1.54, 1.807) is 31.2 Å². The predicted octanol–water partition coefficient (Wildman–Crippen LogP) is 7.55. The van der Waals surface area contributed by atoms with Crippen LogP contribution in [0.1, 0.15) is 97.7 Å². The summed E-state index contributed by atoms with van der Waals surface area (Å²) in [5.74, 6) is -3.19. The lowest BCUT2D eigenvalue weighted by molar-refractivity contribution is -0.160. The number of aliphatic hydroxyl groups excluding tert-OH is 4. The quantitative estimate of drug-likeness (QED) is 0.0760. The van der Waals surface area contributed by atoms with Gasteiger partial charge in [0.2, 0.25) is 0 Å². The van der Waals surface area contributed by atoms with E-state index in [9.17, 15) is 44.3 Å². The van der Waals surface area contributed by atoms with E-state index in [0.29, 0.717) is 12.8 Å². The van der Waals surface area contributed by atoms with Gasteiger partial charge in [0.25, 0.3) is 0 Å². The summed E-state index contributed by atoms with van der Waals surface area (Å²) in [5, 5.41) is 54.0. The maximum atomic E-state index is 13.9. The largest absolute Gasteiger partial charge is 0.481 e. The lowest BCUT2D eigenvalue weighted by atomic mass is 9.66. The van der Waals surface area contributed by atoms with Crippen molar-refractivity contribution in [3.8, 4) is 11.1 Å². The SMILES string of the molecule is CC[C@H](C)C(=O)O[C@H]1C[C@H](O)C=C2C=C[C@H](C)[C@H](CC[C@@H](O)C[C@H](CC(=O)O)OC(=O)C[C@@H](O)C[C@@H](O)/C=C/c3c(-c4ccc(F)cc4)c4ccccc4n3C(C)C)[C@H]21. The first kappa shape index (κ1) is 45.5. The molecular weight excluding hydrogens is 758 g/mol. The molecule has 2 aliphatic carbocycles. The van der Waals surface area contributed by atoms with E-state index in [0.717, 1.165) is 33.3 Å². The minimum absolute atomic E-state index is 0.0339. The van der Waals surface area contributed by atoms with Crippen molar-refractivity contribution in [3.63, 3.8) is 0 Å². The van der Waals surface area contributed by atoms with E-state index >= 15 is 0 Å². The Labute approximate surface area is 345 Å². The summed E-state index contributed by atoms with van der Waals surface area (Å²) in [7, 11) is 0. The molecule has 0 unspecified atom stereocenters. The van der Waals surface area contributed by atoms with Crippen LogP contribution < -0.4 is 0 Å². The number of nitrogens with zero attached hydrogens (tertiary/aromatic N) is 1. The van der Waals surface area contributed by atoms with E-state index in [4.69, 9.17) is 9.47 Å². The fourth-order valence-electron chi connectivity index (χ4n) is 8.59. The minimum atomic E-state index is -1.32. The number of ether oxygens (including phenoxy) is 2. The van der Waals surface area contributed by atoms with E-state index in [1.807, 2.05) is 64.1 Å². The molecule has 0 aliphatic heterocycles. The Morgan fingerprint density at radius 3 is 2.37 bits per heavy atom. The monoisotopic (exact) mass is 817 g/mol. The van der Waals surface area contributed by atoms with Crippen molar-refractivity contribution in [2.24, 2.45) is 23.7 Å². The Bertz CT molecular complexity index is 2000. The molecule has 12 heteroatoms. The van der Waals surface area contributed by atoms with Crippen LogP contribution in [-0.2, 0) is 23.9 Å². The second kappa shape index (κ2) is 20.6. The predicted molar refractivity (Wildman–Crippen MR) is 223 cm³/mol. The Hall–Kier alpha value is -4.62. The Balaban J connectivity index is 1.20. The van der Waals surface area contributed by atoms with Gasteiger partial charge in [0.1, 0.15) is 18.0 Å². The zero-order valence-corrected chi connectivity index (χ0v) is 34.6. The number of hydrogen-bond donors (Lipinski definition) is 5. The highest BCUT2D eigenvalue weighted by atomic mass is 19.1. The number of allylic oxidation sites excluding steroid dienone is 2. The summed E-state index contributed by atoms with van der Waals surface area (Å²) in [6.45, 7) is 9.84. The Kier molecular flexibility index (Phi) is 15.9. The molecule has 0 saturated heterocycles. The number of halogens is 1. The van der Waals surface area contributed by atoms with E-state index in [2.05, 4.69) is 4.57 Å². The molecule has 2 aromatic carbocycles. The standard InChI is InChI=1S/C47H60FNO10/c1-6-28(4)47(57)59-42-24-35(52)21-31-12-11-29(5)38(46(31)42)19-17-34(51)23-37(26-43(54)55)58-44(56)25-36(53)22-33(50)18-20-41-45(30-13-15-32(48)16-14-30)39-9-7-8-10-40(39)49(41)27(2)3/h7-16,18,20-21,27-29,33-38,42,46,50-53H,6,17,19,22-26H2,1-5H3,(H,54,55)/b20-18+/t28-,29-,33-,34+,35+,36-,37+,38-,42-,46-/m0/s1. The van der Waals surface area contributed by atoms with Crippen molar-refractivity contribution >= 4 is 34.9 Å². The number of carboxylic acid groups (broad SMARTS) is 1. The third-order valence-electron chi connectivity index (χ3n) is 11.7. The molecule has 59 heavy (non-hydrogen) atoms. The van der Waals surface area contributed by atoms with Crippen LogP contribution >= 0.6 is 0 Å². The maximum Gasteiger partial charge on any atom is 0.308 e. The second-order valence-corrected chi connectivity index (χ2v) is 16.6. The van der Waals surface area contributed by atoms with Gasteiger partial charge in [0.05, 0.1) is 43.2 Å². The van der Waals surface area contributed by atoms with Gasteiger partial charge >= 0.3 is 17.9 Å². The number of rotatable bonds is 19. The van der Waals surface area contributed by atoms with Gasteiger partial charge < -0.3 is 39.6 Å². The van der Waals surface area contributed by atoms with Gasteiger partial charge in [-0.2, -0.15) is 0 Å². The van der Waals surface area contributed by atoms with Crippen molar-refractivity contribution in [2.75, 3.05) is 0 Å². The van der Waals surface area contributed by atoms with Gasteiger partial charge in [0.15, 0.2) is 0 Å². The minimum Gasteiger partial charge on any atom is -0.481 e. The average molecular weight is 818 g/mol. The molecule has 5 N–H and O–H groups in total. The smallest absolute Gasteiger partial charge is 0.308 e. The number of aromatic nitrogens is 1. The third kappa shape index (κ3) is 11.8. The first-order valence-corrected chi connectivity index (χ1v) is 20.9. The number of aliphatic hydroxyl groups is 4. The van der Waals surface area contributed by atoms with Crippen LogP contribution in [0.3, 0.4) is 0 Å². The molecule has 5 rings (SSSR count). The maximum absolute atomic E-state index is 13.9. The molecule has 1 heterocycles. The molecular formula is C47H60FNO10. The van der Waals surface area contributed by atoms with Gasteiger partial charge in [-0.1, -0.05) is 75.4 Å². The summed E-state index contributed by atoms with van der Waals surface area (Å²) in [4.78, 5) is 37.5. The van der Waals surface area contributed by atoms with Crippen LogP contribution in [0.4, 0.5) is 4.39 Å². The van der Waals surface area contributed by atoms with Crippen LogP contribution in [0, 0.1) is 29.5 Å². The van der Waals surface area contributed by atoms with Crippen molar-refractivity contribution in [1.82, 2.24) is 4.57 Å². The van der Waals surface area contributed by atoms with Crippen LogP contribution in [0.15, 0.2) is 78.4 Å². The number of para-hydroxylation sites is 1. The van der Waals surface area contributed by atoms with Gasteiger partial charge in [-0.15, -0.1) is 0 Å². The first-order valence-electron chi connectivity index (χ1n) is 20.9. The second-order valence-electron chi connectivity index (χ2n) is 16.6. The van der Waals surface area contributed by atoms with Gasteiger partial charge in [-0.25, -0.2) is 4.39 Å². The molecule has 0 spiro atoms. The van der Waals surface area contributed by atoms with Crippen molar-refractivity contribution in [2.45, 2.75) is 129 Å². The van der Waals surface area contributed by atoms with Gasteiger partial charge in [0, 0.05) is 53.4 Å². The highest BCUT2D eigenvalue weighted by Gasteiger charge is 2.42. The summed E-state index contributed by atoms with van der Waals surface area (Å²) in [6.07, 6.45) is 3.39. The molecule has 3 aromatic rings. The topological polar surface area (TPSA) is 176 Å². The number of hydrogen-bond acceptors (Lipinski definition) is 9. The molecule has 0 bridgehead atoms. The van der Waals surface area contributed by atoms with Crippen molar-refractivity contribution < 1.29 is 53.8 Å². The molecule has 0 radical (unpaired) electrons. The average Bonchev–Trinajstić information content (AvgIpc) is 3.50. The Morgan fingerprint density at radius 2 is 1.69 bits per heavy atom. The Morgan fingerprint density at radius 1 is 0.983 bits per heavy atom. The number of fused-ring (bicyclic) bond motifs is 2. The van der Waals surface area contributed by atoms with Crippen LogP contribution in [-0.4, -0.2) is 84.6 Å². The molecule has 1 aromatic heterocycles. The number of carboxylic acids is 1. The lowest BCUT2D eigenvalue weighted by Crippen LogP contribution is -2.43. The number of carbonyl (C=O) groups is 3. The van der Waals surface area contributed by atoms with Gasteiger partial charge in [-0.3, -0.25) is 14.4 Å². The zero-order valence-electron chi connectivity index (χ0n) is 34.6. The van der Waals surface area contributed by atoms with E-state index < -0.39 is 61.4 Å². The third-order valence-corrected chi connectivity index (χ3v) is 11.7. The van der Waals surface area contributed by atoms with Crippen LogP contribution in [0.2, 0.25) is 0 Å². The molecule has 320 valence electrons. The number of esters is 2. The highest BCUT2D eigenvalue weighted by molar-refractivity contribution is 6.01. The van der Waals surface area contributed by atoms with Gasteiger partial charge in [-0.05, 0) is 80.4 Å². The fraction of sp³-hybridized carbons (Fsp3) is 0.511. The normalized spacial score (nSPS) is 23.0. The van der Waals surface area contributed by atoms with E-state index in [-0.39, 0.29) is 67.2 Å². The highest BCUT2D eigenvalue weighted by Crippen LogP contribution is 2.44. The van der Waals surface area contributed by atoms with Crippen molar-refractivity contribution in [1.29, 1.82) is 0 Å². The lowest BCUT2D eigenvalue weighted by Gasteiger charge is -2.43. The van der Waals surface area contributed by atoms with E-state index in [1.165, 1.54) is 18.2 Å². The molecule has 0 saturated carbocycles. The number of aliphatic carboxylic acids is 1. The van der Waals surface area contributed by atoms with Crippen LogP contribution in [0.25, 0.3) is 28.1 Å². The number of benzene rings is 2. The summed E-state index contributed by atoms with van der Waals surface area (Å²) in [5.41, 5.74) is 4.29. The van der Waals surface area contributed by atoms with Crippen LogP contribution in [0.5, 0.6) is 0 Å². The molecule has 11 nitrogen and oxygen atoms in total. The summed E-state index contributed by atoms with van der Waals surface area (Å²) >= 11 is 0. The summed E-state index contributed by atoms with van der Waals surface area (Å²) < 4.78 is 27.4. The number of carbonyl (C=O) groups excluding carboxylic acids is 2. The first-order chi connectivity index (χ1) is 28.1. The van der Waals surface area contributed by atoms with Crippen molar-refractivity contribution in [3.05, 3.63) is 89.9 Å². The molecule has 0 fully saturated rings. The molecule has 10 atom stereocenters. The summed E-state index contributed by atoms with van der Waals surface area (Å²) in [6, 6.07) is 14.1. The zero-order chi connectivity index (χ0) is 43.0.